The Morgan fingerprint density at radius 1 is 0.927 bits per heavy atom. The van der Waals surface area contributed by atoms with Gasteiger partial charge in [0.15, 0.2) is 0 Å². The minimum absolute atomic E-state index is 0.0212. The molecule has 0 spiro atoms. The first-order valence-electron chi connectivity index (χ1n) is 12.1. The number of halogens is 2. The van der Waals surface area contributed by atoms with Crippen molar-refractivity contribution >= 4 is 58.3 Å². The summed E-state index contributed by atoms with van der Waals surface area (Å²) in [6.07, 6.45) is 2.05. The summed E-state index contributed by atoms with van der Waals surface area (Å²) in [6.45, 7) is 0.894. The Labute approximate surface area is 245 Å². The average molecular weight is 592 g/mol. The number of nitrogens with zero attached hydrogens (tertiary/aromatic N) is 4. The summed E-state index contributed by atoms with van der Waals surface area (Å²) < 4.78 is 0. The fraction of sp³-hybridized carbons (Fsp3) is 0.143. The number of urea groups is 1. The number of nitro groups is 1. The number of carbonyl (C=O) groups is 2. The first-order valence-corrected chi connectivity index (χ1v) is 12.9. The zero-order valence-corrected chi connectivity index (χ0v) is 22.9. The Hall–Kier alpha value is -5.10. The molecule has 0 aliphatic heterocycles. The monoisotopic (exact) mass is 591 g/mol. The molecule has 3 rings (SSSR count). The standard InChI is InChI=1S/C28H23Cl2N7O4/c29-23-12-11-21(37(40)41)18-22(23)27(38)34-26(35-28(39)33-25-6-2-1-5-24(25)30)17-19-7-9-20(10-8-19)36(15-3-13-31)16-4-14-32/h1-2,5-12,17-18H,3-4,15-16H2,(H,34,38)(H2,33,35,39). The molecule has 11 nitrogen and oxygen atoms in total. The third-order valence-corrected chi connectivity index (χ3v) is 6.24. The number of nitrogens with one attached hydrogen (secondary N) is 3. The van der Waals surface area contributed by atoms with Crippen LogP contribution in [0.5, 0.6) is 0 Å². The van der Waals surface area contributed by atoms with Crippen molar-refractivity contribution in [2.24, 2.45) is 0 Å². The van der Waals surface area contributed by atoms with E-state index in [2.05, 4.69) is 28.1 Å². The van der Waals surface area contributed by atoms with Crippen LogP contribution >= 0.6 is 23.2 Å². The van der Waals surface area contributed by atoms with Gasteiger partial charge in [-0.05, 0) is 42.0 Å². The summed E-state index contributed by atoms with van der Waals surface area (Å²) in [4.78, 5) is 38.3. The van der Waals surface area contributed by atoms with Crippen molar-refractivity contribution in [2.75, 3.05) is 23.3 Å². The number of anilines is 2. The van der Waals surface area contributed by atoms with Gasteiger partial charge in [-0.3, -0.25) is 20.2 Å². The first kappa shape index (κ1) is 30.4. The van der Waals surface area contributed by atoms with Crippen molar-refractivity contribution in [3.05, 3.63) is 104 Å². The van der Waals surface area contributed by atoms with Gasteiger partial charge in [-0.2, -0.15) is 10.5 Å². The number of nitriles is 2. The highest BCUT2D eigenvalue weighted by Gasteiger charge is 2.18. The van der Waals surface area contributed by atoms with E-state index in [1.165, 1.54) is 18.2 Å². The number of para-hydroxylation sites is 1. The van der Waals surface area contributed by atoms with E-state index in [-0.39, 0.29) is 34.9 Å². The lowest BCUT2D eigenvalue weighted by molar-refractivity contribution is -0.384. The molecule has 13 heteroatoms. The van der Waals surface area contributed by atoms with E-state index in [1.807, 2.05) is 4.90 Å². The molecule has 0 saturated heterocycles. The normalized spacial score (nSPS) is 10.6. The topological polar surface area (TPSA) is 164 Å². The number of rotatable bonds is 11. The Morgan fingerprint density at radius 3 is 2.20 bits per heavy atom. The summed E-state index contributed by atoms with van der Waals surface area (Å²) in [5.74, 6) is -0.848. The van der Waals surface area contributed by atoms with Crippen molar-refractivity contribution in [1.29, 1.82) is 10.5 Å². The lowest BCUT2D eigenvalue weighted by atomic mass is 10.1. The molecule has 0 atom stereocenters. The molecular formula is C28H23Cl2N7O4. The number of non-ortho nitro benzene ring substituents is 1. The number of benzene rings is 3. The van der Waals surface area contributed by atoms with E-state index >= 15 is 0 Å². The fourth-order valence-electron chi connectivity index (χ4n) is 3.62. The molecule has 208 valence electrons. The zero-order valence-electron chi connectivity index (χ0n) is 21.4. The summed E-state index contributed by atoms with van der Waals surface area (Å²) in [5.41, 5.74) is 1.19. The van der Waals surface area contributed by atoms with E-state index in [9.17, 15) is 19.7 Å². The first-order chi connectivity index (χ1) is 19.7. The maximum absolute atomic E-state index is 13.1. The van der Waals surface area contributed by atoms with Crippen molar-refractivity contribution in [2.45, 2.75) is 12.8 Å². The van der Waals surface area contributed by atoms with Gasteiger partial charge in [0.25, 0.3) is 11.6 Å². The van der Waals surface area contributed by atoms with Crippen LogP contribution in [0.2, 0.25) is 10.0 Å². The van der Waals surface area contributed by atoms with Crippen LogP contribution in [0.25, 0.3) is 6.08 Å². The SMILES string of the molecule is N#CCCN(CCC#N)c1ccc(C=C(NC(=O)Nc2ccccc2Cl)NC(=O)c2cc([N+](=O)[O-])ccc2Cl)cc1. The fourth-order valence-corrected chi connectivity index (χ4v) is 4.01. The molecule has 3 aromatic rings. The number of carbonyl (C=O) groups excluding carboxylic acids is 2. The Kier molecular flexibility index (Phi) is 11.1. The molecule has 0 aromatic heterocycles. The number of nitro benzene ring substituents is 1. The smallest absolute Gasteiger partial charge is 0.324 e. The molecule has 0 heterocycles. The largest absolute Gasteiger partial charge is 0.369 e. The lowest BCUT2D eigenvalue weighted by Gasteiger charge is -2.22. The molecule has 0 aliphatic rings. The van der Waals surface area contributed by atoms with E-state index in [0.717, 1.165) is 11.8 Å². The predicted octanol–water partition coefficient (Wildman–Crippen LogP) is 6.09. The number of amides is 3. The van der Waals surface area contributed by atoms with Crippen LogP contribution < -0.4 is 20.9 Å². The van der Waals surface area contributed by atoms with Crippen LogP contribution in [-0.2, 0) is 0 Å². The summed E-state index contributed by atoms with van der Waals surface area (Å²) in [7, 11) is 0. The zero-order chi connectivity index (χ0) is 29.8. The molecule has 0 unspecified atom stereocenters. The third-order valence-electron chi connectivity index (χ3n) is 5.58. The molecule has 3 N–H and O–H groups in total. The Balaban J connectivity index is 1.90. The van der Waals surface area contributed by atoms with E-state index < -0.39 is 16.9 Å². The predicted molar refractivity (Wildman–Crippen MR) is 156 cm³/mol. The molecule has 41 heavy (non-hydrogen) atoms. The van der Waals surface area contributed by atoms with Gasteiger partial charge in [0.1, 0.15) is 5.82 Å². The highest BCUT2D eigenvalue weighted by molar-refractivity contribution is 6.34. The molecule has 0 fully saturated rings. The van der Waals surface area contributed by atoms with Gasteiger partial charge in [-0.1, -0.05) is 47.5 Å². The van der Waals surface area contributed by atoms with Gasteiger partial charge >= 0.3 is 6.03 Å². The maximum Gasteiger partial charge on any atom is 0.324 e. The average Bonchev–Trinajstić information content (AvgIpc) is 2.95. The van der Waals surface area contributed by atoms with Crippen LogP contribution in [-0.4, -0.2) is 30.0 Å². The van der Waals surface area contributed by atoms with Crippen molar-refractivity contribution in [3.63, 3.8) is 0 Å². The van der Waals surface area contributed by atoms with Crippen LogP contribution in [0.15, 0.2) is 72.6 Å². The van der Waals surface area contributed by atoms with E-state index in [4.69, 9.17) is 33.7 Å². The summed E-state index contributed by atoms with van der Waals surface area (Å²) >= 11 is 12.3. The van der Waals surface area contributed by atoms with Crippen molar-refractivity contribution in [3.8, 4) is 12.1 Å². The van der Waals surface area contributed by atoms with Gasteiger partial charge in [-0.25, -0.2) is 4.79 Å². The molecule has 3 aromatic carbocycles. The summed E-state index contributed by atoms with van der Waals surface area (Å²) in [6, 6.07) is 20.5. The van der Waals surface area contributed by atoms with Crippen LogP contribution in [0.3, 0.4) is 0 Å². The summed E-state index contributed by atoms with van der Waals surface area (Å²) in [5, 5.41) is 37.1. The highest BCUT2D eigenvalue weighted by atomic mass is 35.5. The Morgan fingerprint density at radius 2 is 1.59 bits per heavy atom. The highest BCUT2D eigenvalue weighted by Crippen LogP contribution is 2.23. The lowest BCUT2D eigenvalue weighted by Crippen LogP contribution is -2.37. The third kappa shape index (κ3) is 8.97. The number of hydrogen-bond acceptors (Lipinski definition) is 7. The van der Waals surface area contributed by atoms with Crippen molar-refractivity contribution in [1.82, 2.24) is 10.6 Å². The van der Waals surface area contributed by atoms with Crippen LogP contribution in [0, 0.1) is 32.8 Å². The van der Waals surface area contributed by atoms with Crippen molar-refractivity contribution < 1.29 is 14.5 Å². The van der Waals surface area contributed by atoms with Crippen LogP contribution in [0.1, 0.15) is 28.8 Å². The second kappa shape index (κ2) is 14.9. The van der Waals surface area contributed by atoms with Crippen LogP contribution in [0.4, 0.5) is 21.9 Å². The van der Waals surface area contributed by atoms with Gasteiger partial charge in [0, 0.05) is 30.9 Å². The second-order valence-electron chi connectivity index (χ2n) is 8.39. The molecule has 0 bridgehead atoms. The molecule has 0 radical (unpaired) electrons. The minimum atomic E-state index is -0.793. The van der Waals surface area contributed by atoms with E-state index in [0.29, 0.717) is 29.4 Å². The quantitative estimate of drug-likeness (QED) is 0.179. The molecular weight excluding hydrogens is 569 g/mol. The van der Waals surface area contributed by atoms with Gasteiger partial charge in [0.05, 0.1) is 51.2 Å². The second-order valence-corrected chi connectivity index (χ2v) is 9.20. The van der Waals surface area contributed by atoms with E-state index in [1.54, 1.807) is 48.5 Å². The van der Waals surface area contributed by atoms with Gasteiger partial charge < -0.3 is 15.5 Å². The molecule has 0 saturated carbocycles. The molecule has 3 amide bonds. The number of hydrogen-bond donors (Lipinski definition) is 3. The molecule has 0 aliphatic carbocycles. The minimum Gasteiger partial charge on any atom is -0.369 e. The maximum atomic E-state index is 13.1. The Bertz CT molecular complexity index is 1530. The van der Waals surface area contributed by atoms with Gasteiger partial charge in [-0.15, -0.1) is 0 Å². The van der Waals surface area contributed by atoms with Gasteiger partial charge in [0.2, 0.25) is 0 Å².